The lowest BCUT2D eigenvalue weighted by molar-refractivity contribution is -0.396. The molecule has 51 heteroatoms. The van der Waals surface area contributed by atoms with Crippen LogP contribution >= 0.6 is 0 Å². The summed E-state index contributed by atoms with van der Waals surface area (Å²) in [5, 5.41) is 0. The lowest BCUT2D eigenvalue weighted by atomic mass is 9.94. The molecule has 6 aliphatic rings. The summed E-state index contributed by atoms with van der Waals surface area (Å²) < 4.78 is 183. The van der Waals surface area contributed by atoms with Crippen molar-refractivity contribution in [2.75, 3.05) is 39.6 Å². The van der Waals surface area contributed by atoms with Crippen molar-refractivity contribution in [2.24, 2.45) is 0 Å². The number of hydrogen-bond acceptors (Lipinski definition) is 51. The summed E-state index contributed by atoms with van der Waals surface area (Å²) in [5.41, 5.74) is 0. The summed E-state index contributed by atoms with van der Waals surface area (Å²) in [4.78, 5) is 263. The van der Waals surface area contributed by atoms with Crippen LogP contribution in [0.25, 0.3) is 0 Å². The molecule has 6 saturated heterocycles. The molecule has 0 saturated carbocycles. The summed E-state index contributed by atoms with van der Waals surface area (Å²) in [7, 11) is 0. The van der Waals surface area contributed by atoms with Crippen LogP contribution in [-0.4, -0.2) is 343 Å². The first-order chi connectivity index (χ1) is 59.4. The molecular weight excluding hydrogens is 1730 g/mol. The average Bonchev–Trinajstić information content (AvgIpc) is 0.753. The minimum Gasteiger partial charge on any atom is -0.463 e. The Kier molecular flexibility index (Phi) is 39.8. The van der Waals surface area contributed by atoms with Crippen molar-refractivity contribution in [2.45, 2.75) is 323 Å². The molecule has 127 heavy (non-hydrogen) atoms. The number of hydrogen-bond donors (Lipinski definition) is 0. The zero-order chi connectivity index (χ0) is 95.0. The van der Waals surface area contributed by atoms with Crippen LogP contribution in [0.3, 0.4) is 0 Å². The van der Waals surface area contributed by atoms with Gasteiger partial charge in [-0.05, 0) is 0 Å². The highest BCUT2D eigenvalue weighted by Gasteiger charge is 2.65. The van der Waals surface area contributed by atoms with Gasteiger partial charge < -0.3 is 147 Å². The molecule has 6 aliphatic heterocycles. The summed E-state index contributed by atoms with van der Waals surface area (Å²) in [6.07, 6.45) is -64.2. The lowest BCUT2D eigenvalue weighted by Crippen LogP contribution is -2.70. The monoisotopic (exact) mass is 1830 g/mol. The van der Waals surface area contributed by atoms with E-state index >= 15 is 0 Å². The molecule has 0 aromatic heterocycles. The van der Waals surface area contributed by atoms with Crippen LogP contribution in [0.15, 0.2) is 0 Å². The molecule has 6 fully saturated rings. The molecule has 0 unspecified atom stereocenters. The number of rotatable bonds is 36. The first kappa shape index (κ1) is 105. The Hall–Kier alpha value is -11.0. The van der Waals surface area contributed by atoms with Gasteiger partial charge in [0.1, 0.15) is 107 Å². The molecule has 0 amide bonds. The number of carbonyl (C=O) groups is 20. The van der Waals surface area contributed by atoms with E-state index in [9.17, 15) is 95.9 Å². The Labute approximate surface area is 722 Å². The fraction of sp³-hybridized carbons (Fsp3) is 0.737. The minimum atomic E-state index is -2.44. The van der Waals surface area contributed by atoms with E-state index in [0.717, 1.165) is 138 Å². The van der Waals surface area contributed by atoms with Gasteiger partial charge >= 0.3 is 119 Å². The van der Waals surface area contributed by atoms with Crippen molar-refractivity contribution >= 4 is 119 Å². The van der Waals surface area contributed by atoms with Crippen molar-refractivity contribution in [3.63, 3.8) is 0 Å². The van der Waals surface area contributed by atoms with Crippen LogP contribution in [0.1, 0.15) is 138 Å². The van der Waals surface area contributed by atoms with E-state index in [-0.39, 0.29) is 0 Å². The quantitative estimate of drug-likeness (QED) is 0.0455. The van der Waals surface area contributed by atoms with Gasteiger partial charge in [0.25, 0.3) is 0 Å². The molecule has 6 rings (SSSR count). The Morgan fingerprint density at radius 2 is 0.260 bits per heavy atom. The van der Waals surface area contributed by atoms with Gasteiger partial charge in [0, 0.05) is 138 Å². The van der Waals surface area contributed by atoms with E-state index < -0.39 is 343 Å². The minimum absolute atomic E-state index is 0.801. The Bertz CT molecular complexity index is 3970. The van der Waals surface area contributed by atoms with Crippen LogP contribution in [-0.2, 0) is 243 Å². The van der Waals surface area contributed by atoms with Crippen molar-refractivity contribution < 1.29 is 243 Å². The number of carbonyl (C=O) groups excluding carboxylic acids is 20. The highest BCUT2D eigenvalue weighted by Crippen LogP contribution is 2.43. The SMILES string of the molecule is CC(=O)OC[C@H]1O[C@H](O[C@H]2[C@H](OC(C)=O)[C@@H](OC(C)=O)[C@@H](O[C@H]3[C@H](OC(C)=O)[C@@H](OC(C)=O)[C@@H](O[C@H]4[C@H](OC(C)=O)[C@@H](OC(C)=O)[C@@H](O[C@H]5[C@H](OC(C)=O)[C@@H](OC(C)=O)[C@@H](O[C@H]6[C@H](OC(C)=O)[C@@H](OC(C)=O)[C@@H](OC(C)=O)O[C@@H]6COC(C)=O)O[C@@H]5COC(C)=O)O[C@@H]4COC(C)=O)O[C@@H]3COC(C)=O)O[C@@H]2COC(C)=O)[C@H](OC(C)=O)[C@@H](OC(C)=O)[C@@H]1OC(C)=O. The van der Waals surface area contributed by atoms with Gasteiger partial charge in [-0.15, -0.1) is 0 Å². The summed E-state index contributed by atoms with van der Waals surface area (Å²) in [6.45, 7) is 11.6. The van der Waals surface area contributed by atoms with Gasteiger partial charge in [0.15, 0.2) is 105 Å². The van der Waals surface area contributed by atoms with E-state index in [1.54, 1.807) is 0 Å². The van der Waals surface area contributed by atoms with Gasteiger partial charge in [-0.3, -0.25) is 95.9 Å². The van der Waals surface area contributed by atoms with E-state index in [1.807, 2.05) is 0 Å². The van der Waals surface area contributed by atoms with E-state index in [4.69, 9.17) is 147 Å². The highest BCUT2D eigenvalue weighted by molar-refractivity contribution is 5.73. The zero-order valence-corrected chi connectivity index (χ0v) is 72.4. The standard InChI is InChI=1S/C76H102O51/c1-27(77)97-21-47-53(103-33(7)83)59(104-34(8)84)66(111-41(15)91)72(118-47)124-55-49(23-99-29(3)79)120-74(68(113-43(17)93)61(55)106-36(10)86)126-57-51(25-101-31(5)81)122-76(70(115-45(19)95)63(57)108-38(12)88)127-58-52(26-102-32(6)82)121-75(69(114-44(18)94)64(58)109-39(13)89)125-56-50(24-100-30(4)80)119-73(67(112-42(16)92)62(56)107-37(11)87)123-54-48(22-98-28(2)78)117-71(116-46(20)96)65(110-40(14)90)60(54)105-35(9)85/h47-76H,21-26H2,1-20H3/t47-,48-,49-,50-,51-,52-,53-,54-,55-,56-,57-,58-,59+,60+,61+,62+,63+,64+,65-,66-,67-,68-,69-,70-,71+,72-,73-,74-,75-,76-/m1/s1. The number of ether oxygens (including phenoxy) is 31. The predicted octanol–water partition coefficient (Wildman–Crippen LogP) is -2.68. The normalized spacial score (nSPS) is 32.6. The van der Waals surface area contributed by atoms with Gasteiger partial charge in [0.05, 0.1) is 0 Å². The molecule has 30 atom stereocenters. The van der Waals surface area contributed by atoms with Crippen LogP contribution in [0.5, 0.6) is 0 Å². The van der Waals surface area contributed by atoms with Gasteiger partial charge in [0.2, 0.25) is 12.4 Å². The lowest BCUT2D eigenvalue weighted by Gasteiger charge is -2.52. The van der Waals surface area contributed by atoms with Crippen LogP contribution in [0.4, 0.5) is 0 Å². The Balaban J connectivity index is 1.55. The van der Waals surface area contributed by atoms with Crippen molar-refractivity contribution in [3.8, 4) is 0 Å². The van der Waals surface area contributed by atoms with E-state index in [1.165, 1.54) is 0 Å². The predicted molar refractivity (Wildman–Crippen MR) is 390 cm³/mol. The maximum absolute atomic E-state index is 13.8. The Morgan fingerprint density at radius 3 is 0.409 bits per heavy atom. The first-order valence-corrected chi connectivity index (χ1v) is 38.8. The van der Waals surface area contributed by atoms with Crippen LogP contribution < -0.4 is 0 Å². The molecule has 0 spiro atoms. The molecule has 0 aromatic carbocycles. The highest BCUT2D eigenvalue weighted by atomic mass is 16.8. The van der Waals surface area contributed by atoms with Crippen molar-refractivity contribution in [3.05, 3.63) is 0 Å². The average molecular weight is 1830 g/mol. The van der Waals surface area contributed by atoms with Crippen molar-refractivity contribution in [1.29, 1.82) is 0 Å². The molecular formula is C76H102O51. The van der Waals surface area contributed by atoms with Crippen molar-refractivity contribution in [1.82, 2.24) is 0 Å². The maximum Gasteiger partial charge on any atom is 0.305 e. The maximum atomic E-state index is 13.8. The third-order valence-electron chi connectivity index (χ3n) is 17.9. The van der Waals surface area contributed by atoms with Crippen LogP contribution in [0.2, 0.25) is 0 Å². The van der Waals surface area contributed by atoms with Gasteiger partial charge in [-0.25, -0.2) is 0 Å². The largest absolute Gasteiger partial charge is 0.463 e. The molecule has 712 valence electrons. The molecule has 0 bridgehead atoms. The second-order valence-corrected chi connectivity index (χ2v) is 28.6. The topological polar surface area (TPSA) is 628 Å². The molecule has 0 aliphatic carbocycles. The number of esters is 20. The molecule has 0 aromatic rings. The third kappa shape index (κ3) is 31.7. The van der Waals surface area contributed by atoms with Crippen LogP contribution in [0, 0.1) is 0 Å². The second-order valence-electron chi connectivity index (χ2n) is 28.6. The third-order valence-corrected chi connectivity index (χ3v) is 17.9. The summed E-state index contributed by atoms with van der Waals surface area (Å²) in [6, 6.07) is 0. The smallest absolute Gasteiger partial charge is 0.305 e. The molecule has 51 nitrogen and oxygen atoms in total. The summed E-state index contributed by atoms with van der Waals surface area (Å²) in [5.74, 6) is -22.9. The molecule has 6 heterocycles. The van der Waals surface area contributed by atoms with Gasteiger partial charge in [-0.2, -0.15) is 0 Å². The molecule has 0 radical (unpaired) electrons. The fourth-order valence-electron chi connectivity index (χ4n) is 13.9. The van der Waals surface area contributed by atoms with E-state index in [2.05, 4.69) is 0 Å². The Morgan fingerprint density at radius 1 is 0.142 bits per heavy atom. The second kappa shape index (κ2) is 48.2. The summed E-state index contributed by atoms with van der Waals surface area (Å²) >= 11 is 0. The fourth-order valence-corrected chi connectivity index (χ4v) is 13.9. The molecule has 0 N–H and O–H groups in total. The first-order valence-electron chi connectivity index (χ1n) is 38.8. The van der Waals surface area contributed by atoms with E-state index in [0.29, 0.717) is 0 Å². The zero-order valence-electron chi connectivity index (χ0n) is 72.4. The van der Waals surface area contributed by atoms with Gasteiger partial charge in [-0.1, -0.05) is 0 Å².